The predicted octanol–water partition coefficient (Wildman–Crippen LogP) is 5.79. The molecule has 13 heteroatoms. The highest BCUT2D eigenvalue weighted by Crippen LogP contribution is 2.32. The number of anilines is 1. The van der Waals surface area contributed by atoms with E-state index in [9.17, 15) is 22.8 Å². The maximum Gasteiger partial charge on any atom is 0.433 e. The molecule has 9 nitrogen and oxygen atoms in total. The molecule has 2 N–H and O–H groups in total. The average Bonchev–Trinajstić information content (AvgIpc) is 3.47. The van der Waals surface area contributed by atoms with Crippen LogP contribution in [-0.2, 0) is 26.3 Å². The number of fused-ring (bicyclic) bond motifs is 1. The van der Waals surface area contributed by atoms with Gasteiger partial charge in [-0.1, -0.05) is 28.1 Å². The molecule has 0 saturated heterocycles. The Hall–Kier alpha value is -4.52. The normalized spacial score (nSPS) is 11.6. The summed E-state index contributed by atoms with van der Waals surface area (Å²) in [6, 6.07) is 12.4. The monoisotopic (exact) mass is 639 g/mol. The number of aromatic nitrogens is 5. The van der Waals surface area contributed by atoms with Crippen LogP contribution in [-0.4, -0.2) is 36.1 Å². The van der Waals surface area contributed by atoms with Gasteiger partial charge in [-0.2, -0.15) is 18.3 Å². The summed E-state index contributed by atoms with van der Waals surface area (Å²) in [6.07, 6.45) is -1.37. The number of carbonyl (C=O) groups is 2. The van der Waals surface area contributed by atoms with Gasteiger partial charge in [0.25, 0.3) is 11.8 Å². The third-order valence-corrected chi connectivity index (χ3v) is 7.31. The number of hydrogen-bond acceptors (Lipinski definition) is 5. The summed E-state index contributed by atoms with van der Waals surface area (Å²) in [5.41, 5.74) is 2.50. The fraction of sp³-hybridized carbons (Fsp3) is 0.207. The molecule has 0 bridgehead atoms. The van der Waals surface area contributed by atoms with Gasteiger partial charge in [0.2, 0.25) is 0 Å². The summed E-state index contributed by atoms with van der Waals surface area (Å²) in [4.78, 5) is 33.6. The molecule has 0 unspecified atom stereocenters. The Balaban J connectivity index is 1.33. The Morgan fingerprint density at radius 2 is 1.76 bits per heavy atom. The van der Waals surface area contributed by atoms with E-state index >= 15 is 0 Å². The molecule has 3 aromatic heterocycles. The zero-order valence-electron chi connectivity index (χ0n) is 22.8. The summed E-state index contributed by atoms with van der Waals surface area (Å²) in [5.74, 6) is -0.929. The number of carbonyl (C=O) groups excluding carboxylic acids is 2. The lowest BCUT2D eigenvalue weighted by molar-refractivity contribution is -0.141. The van der Waals surface area contributed by atoms with Crippen molar-refractivity contribution in [2.24, 2.45) is 7.05 Å². The van der Waals surface area contributed by atoms with Crippen LogP contribution in [0.4, 0.5) is 18.9 Å². The standard InChI is InChI=1S/C29H25BrF3N7O2/c1-16-26(37-28(42)23-11-25(29(31,32)33)36-24-9-8-20(30)10-22(23)24)17(2)40(38-16)14-18-4-6-19(7-5-18)27(41)35-13-21-12-34-15-39(21)3/h4-12,15H,13-14H2,1-3H3,(H,35,41)(H,37,42). The third kappa shape index (κ3) is 6.05. The molecule has 5 rings (SSSR count). The summed E-state index contributed by atoms with van der Waals surface area (Å²) >= 11 is 3.31. The van der Waals surface area contributed by atoms with Crippen molar-refractivity contribution in [3.05, 3.63) is 105 Å². The summed E-state index contributed by atoms with van der Waals surface area (Å²) < 4.78 is 44.7. The van der Waals surface area contributed by atoms with Crippen LogP contribution in [0.15, 0.2) is 65.5 Å². The molecule has 0 aliphatic carbocycles. The number of benzene rings is 2. The number of alkyl halides is 3. The van der Waals surface area contributed by atoms with E-state index in [0.717, 1.165) is 17.3 Å². The quantitative estimate of drug-likeness (QED) is 0.234. The molecule has 0 spiro atoms. The van der Waals surface area contributed by atoms with Crippen molar-refractivity contribution >= 4 is 44.3 Å². The maximum absolute atomic E-state index is 13.5. The minimum Gasteiger partial charge on any atom is -0.346 e. The molecule has 3 heterocycles. The first-order valence-corrected chi connectivity index (χ1v) is 13.5. The molecule has 5 aromatic rings. The van der Waals surface area contributed by atoms with Crippen molar-refractivity contribution in [1.29, 1.82) is 0 Å². The van der Waals surface area contributed by atoms with E-state index in [4.69, 9.17) is 0 Å². The van der Waals surface area contributed by atoms with Gasteiger partial charge in [-0.15, -0.1) is 0 Å². The Morgan fingerprint density at radius 3 is 2.43 bits per heavy atom. The second-order valence-corrected chi connectivity index (χ2v) is 10.7. The van der Waals surface area contributed by atoms with Crippen molar-refractivity contribution in [3.63, 3.8) is 0 Å². The van der Waals surface area contributed by atoms with E-state index in [1.165, 1.54) is 6.07 Å². The van der Waals surface area contributed by atoms with Gasteiger partial charge in [-0.25, -0.2) is 9.97 Å². The van der Waals surface area contributed by atoms with Crippen molar-refractivity contribution in [2.45, 2.75) is 33.1 Å². The fourth-order valence-electron chi connectivity index (χ4n) is 4.51. The third-order valence-electron chi connectivity index (χ3n) is 6.82. The highest BCUT2D eigenvalue weighted by Gasteiger charge is 2.34. The molecular weight excluding hydrogens is 615 g/mol. The topological polar surface area (TPSA) is 107 Å². The zero-order chi connectivity index (χ0) is 30.2. The van der Waals surface area contributed by atoms with Crippen LogP contribution in [0.2, 0.25) is 0 Å². The summed E-state index contributed by atoms with van der Waals surface area (Å²) in [7, 11) is 1.85. The Morgan fingerprint density at radius 1 is 1.02 bits per heavy atom. The van der Waals surface area contributed by atoms with Gasteiger partial charge >= 0.3 is 6.18 Å². The SMILES string of the molecule is Cc1nn(Cc2ccc(C(=O)NCc3cncn3C)cc2)c(C)c1NC(=O)c1cc(C(F)(F)F)nc2ccc(Br)cc12. The molecule has 0 saturated carbocycles. The maximum atomic E-state index is 13.5. The smallest absolute Gasteiger partial charge is 0.346 e. The molecular formula is C29H25BrF3N7O2. The van der Waals surface area contributed by atoms with Gasteiger partial charge in [0.15, 0.2) is 0 Å². The highest BCUT2D eigenvalue weighted by molar-refractivity contribution is 9.10. The van der Waals surface area contributed by atoms with Crippen molar-refractivity contribution < 1.29 is 22.8 Å². The van der Waals surface area contributed by atoms with Gasteiger partial charge < -0.3 is 15.2 Å². The molecule has 2 amide bonds. The fourth-order valence-corrected chi connectivity index (χ4v) is 4.87. The van der Waals surface area contributed by atoms with Gasteiger partial charge in [0.05, 0.1) is 53.3 Å². The van der Waals surface area contributed by atoms with Crippen molar-refractivity contribution in [2.75, 3.05) is 5.32 Å². The molecule has 2 aromatic carbocycles. The van der Waals surface area contributed by atoms with Crippen molar-refractivity contribution in [1.82, 2.24) is 29.6 Å². The average molecular weight is 640 g/mol. The Labute approximate surface area is 246 Å². The number of aryl methyl sites for hydroxylation is 2. The first-order chi connectivity index (χ1) is 19.9. The summed E-state index contributed by atoms with van der Waals surface area (Å²) in [6.45, 7) is 4.17. The minimum atomic E-state index is -4.72. The van der Waals surface area contributed by atoms with E-state index in [1.807, 2.05) is 23.7 Å². The molecule has 0 aliphatic heterocycles. The number of amides is 2. The van der Waals surface area contributed by atoms with E-state index in [0.29, 0.717) is 40.2 Å². The number of halogens is 4. The van der Waals surface area contributed by atoms with Gasteiger partial charge in [-0.05, 0) is 55.8 Å². The van der Waals surface area contributed by atoms with Crippen LogP contribution in [0.25, 0.3) is 10.9 Å². The largest absolute Gasteiger partial charge is 0.433 e. The van der Waals surface area contributed by atoms with E-state index in [2.05, 4.69) is 41.6 Å². The van der Waals surface area contributed by atoms with E-state index < -0.39 is 17.8 Å². The minimum absolute atomic E-state index is 0.0522. The number of nitrogens with one attached hydrogen (secondary N) is 2. The number of hydrogen-bond donors (Lipinski definition) is 2. The second-order valence-electron chi connectivity index (χ2n) is 9.75. The first-order valence-electron chi connectivity index (χ1n) is 12.8. The van der Waals surface area contributed by atoms with Gasteiger partial charge in [0, 0.05) is 28.7 Å². The van der Waals surface area contributed by atoms with Crippen molar-refractivity contribution in [3.8, 4) is 0 Å². The molecule has 42 heavy (non-hydrogen) atoms. The zero-order valence-corrected chi connectivity index (χ0v) is 24.3. The second kappa shape index (κ2) is 11.4. The lowest BCUT2D eigenvalue weighted by atomic mass is 10.1. The molecule has 0 fully saturated rings. The molecule has 0 radical (unpaired) electrons. The lowest BCUT2D eigenvalue weighted by Crippen LogP contribution is -2.23. The van der Waals surface area contributed by atoms with Crippen LogP contribution in [0.1, 0.15) is 49.1 Å². The highest BCUT2D eigenvalue weighted by atomic mass is 79.9. The van der Waals surface area contributed by atoms with Crippen LogP contribution in [0, 0.1) is 13.8 Å². The molecule has 0 aliphatic rings. The lowest BCUT2D eigenvalue weighted by Gasteiger charge is -2.13. The number of imidazole rings is 1. The van der Waals surface area contributed by atoms with Crippen LogP contribution in [0.5, 0.6) is 0 Å². The first kappa shape index (κ1) is 29.0. The Kier molecular flexibility index (Phi) is 7.87. The van der Waals surface area contributed by atoms with Crippen LogP contribution >= 0.6 is 15.9 Å². The number of nitrogens with zero attached hydrogens (tertiary/aromatic N) is 5. The van der Waals surface area contributed by atoms with Crippen LogP contribution < -0.4 is 10.6 Å². The predicted molar refractivity (Wildman–Crippen MR) is 154 cm³/mol. The van der Waals surface area contributed by atoms with Gasteiger partial charge in [-0.3, -0.25) is 14.3 Å². The van der Waals surface area contributed by atoms with E-state index in [1.54, 1.807) is 55.3 Å². The van der Waals surface area contributed by atoms with Gasteiger partial charge in [0.1, 0.15) is 5.69 Å². The number of rotatable bonds is 7. The molecule has 216 valence electrons. The number of pyridine rings is 1. The molecule has 0 atom stereocenters. The summed E-state index contributed by atoms with van der Waals surface area (Å²) in [5, 5.41) is 10.4. The van der Waals surface area contributed by atoms with E-state index in [-0.39, 0.29) is 22.4 Å². The Bertz CT molecular complexity index is 1810. The van der Waals surface area contributed by atoms with Crippen LogP contribution in [0.3, 0.4) is 0 Å².